The van der Waals surface area contributed by atoms with E-state index in [9.17, 15) is 4.79 Å². The number of nitrogens with one attached hydrogen (secondary N) is 1. The molecule has 0 radical (unpaired) electrons. The zero-order valence-corrected chi connectivity index (χ0v) is 10.6. The molecule has 1 aromatic heterocycles. The Balaban J connectivity index is 2.08. The Bertz CT molecular complexity index is 492. The van der Waals surface area contributed by atoms with E-state index in [0.717, 1.165) is 0 Å². The molecule has 1 aromatic rings. The van der Waals surface area contributed by atoms with Crippen molar-refractivity contribution in [3.05, 3.63) is 23.9 Å². The quantitative estimate of drug-likeness (QED) is 0.872. The van der Waals surface area contributed by atoms with Crippen LogP contribution in [-0.2, 0) is 4.79 Å². The molecule has 1 aliphatic rings. The van der Waals surface area contributed by atoms with Gasteiger partial charge in [-0.1, -0.05) is 0 Å². The zero-order valence-electron chi connectivity index (χ0n) is 10.6. The Hall–Kier alpha value is -2.09. The summed E-state index contributed by atoms with van der Waals surface area (Å²) in [5.74, 6) is 0.709. The van der Waals surface area contributed by atoms with Crippen molar-refractivity contribution in [2.45, 2.75) is 32.4 Å². The summed E-state index contributed by atoms with van der Waals surface area (Å²) in [7, 11) is 0. The van der Waals surface area contributed by atoms with Crippen molar-refractivity contribution in [1.82, 2.24) is 9.88 Å². The molecule has 1 N–H and O–H groups in total. The standard InChI is InChI=1S/C13H16N4O/c1-9(2)17-8-11(6-12(17)18)16-13-10(7-14)4-3-5-15-13/h3-5,9,11H,6,8H2,1-2H3,(H,15,16). The Kier molecular flexibility index (Phi) is 3.47. The average Bonchev–Trinajstić information content (AvgIpc) is 2.71. The first-order chi connectivity index (χ1) is 8.61. The van der Waals surface area contributed by atoms with Crippen LogP contribution in [0.2, 0.25) is 0 Å². The van der Waals surface area contributed by atoms with Crippen molar-refractivity contribution >= 4 is 11.7 Å². The molecule has 0 bridgehead atoms. The summed E-state index contributed by atoms with van der Waals surface area (Å²) in [6.45, 7) is 4.67. The minimum atomic E-state index is 0.0295. The third kappa shape index (κ3) is 2.43. The monoisotopic (exact) mass is 244 g/mol. The number of pyridine rings is 1. The first-order valence-corrected chi connectivity index (χ1v) is 6.03. The molecule has 0 saturated carbocycles. The van der Waals surface area contributed by atoms with Gasteiger partial charge in [-0.3, -0.25) is 4.79 Å². The highest BCUT2D eigenvalue weighted by Crippen LogP contribution is 2.19. The van der Waals surface area contributed by atoms with Crippen LogP contribution in [0.5, 0.6) is 0 Å². The normalized spacial score (nSPS) is 19.1. The highest BCUT2D eigenvalue weighted by atomic mass is 16.2. The molecule has 0 spiro atoms. The van der Waals surface area contributed by atoms with E-state index in [-0.39, 0.29) is 18.0 Å². The maximum absolute atomic E-state index is 11.8. The number of anilines is 1. The molecule has 5 nitrogen and oxygen atoms in total. The zero-order chi connectivity index (χ0) is 13.1. The first kappa shape index (κ1) is 12.4. The first-order valence-electron chi connectivity index (χ1n) is 6.03. The van der Waals surface area contributed by atoms with E-state index < -0.39 is 0 Å². The SMILES string of the molecule is CC(C)N1CC(Nc2ncccc2C#N)CC1=O. The molecule has 1 atom stereocenters. The fourth-order valence-corrected chi connectivity index (χ4v) is 2.13. The van der Waals surface area contributed by atoms with Gasteiger partial charge in [-0.25, -0.2) is 4.98 Å². The summed E-state index contributed by atoms with van der Waals surface area (Å²) in [4.78, 5) is 17.8. The minimum absolute atomic E-state index is 0.0295. The van der Waals surface area contributed by atoms with E-state index in [1.54, 1.807) is 18.3 Å². The number of carbonyl (C=O) groups is 1. The number of nitrogens with zero attached hydrogens (tertiary/aromatic N) is 3. The fraction of sp³-hybridized carbons (Fsp3) is 0.462. The van der Waals surface area contributed by atoms with Crippen LogP contribution in [-0.4, -0.2) is 34.4 Å². The van der Waals surface area contributed by atoms with Gasteiger partial charge in [0.05, 0.1) is 11.6 Å². The molecule has 18 heavy (non-hydrogen) atoms. The van der Waals surface area contributed by atoms with Gasteiger partial charge in [-0.05, 0) is 26.0 Å². The van der Waals surface area contributed by atoms with Crippen LogP contribution >= 0.6 is 0 Å². The third-order valence-corrected chi connectivity index (χ3v) is 3.05. The molecule has 1 fully saturated rings. The summed E-state index contributed by atoms with van der Waals surface area (Å²) in [6.07, 6.45) is 2.10. The maximum atomic E-state index is 11.8. The fourth-order valence-electron chi connectivity index (χ4n) is 2.13. The molecule has 1 aliphatic heterocycles. The lowest BCUT2D eigenvalue weighted by molar-refractivity contribution is -0.129. The van der Waals surface area contributed by atoms with Crippen molar-refractivity contribution in [2.24, 2.45) is 0 Å². The molecule has 0 aromatic carbocycles. The van der Waals surface area contributed by atoms with Crippen LogP contribution in [0.1, 0.15) is 25.8 Å². The van der Waals surface area contributed by atoms with Crippen molar-refractivity contribution in [2.75, 3.05) is 11.9 Å². The van der Waals surface area contributed by atoms with E-state index in [1.165, 1.54) is 0 Å². The van der Waals surface area contributed by atoms with Crippen LogP contribution in [0.15, 0.2) is 18.3 Å². The van der Waals surface area contributed by atoms with E-state index in [0.29, 0.717) is 24.3 Å². The van der Waals surface area contributed by atoms with Gasteiger partial charge in [0.25, 0.3) is 0 Å². The molecular formula is C13H16N4O. The molecule has 5 heteroatoms. The van der Waals surface area contributed by atoms with Crippen LogP contribution in [0, 0.1) is 11.3 Å². The molecule has 2 heterocycles. The topological polar surface area (TPSA) is 69.0 Å². The Morgan fingerprint density at radius 2 is 2.39 bits per heavy atom. The van der Waals surface area contributed by atoms with Gasteiger partial charge < -0.3 is 10.2 Å². The van der Waals surface area contributed by atoms with Crippen molar-refractivity contribution in [1.29, 1.82) is 5.26 Å². The van der Waals surface area contributed by atoms with E-state index >= 15 is 0 Å². The number of nitriles is 1. The van der Waals surface area contributed by atoms with Gasteiger partial charge in [-0.2, -0.15) is 5.26 Å². The number of hydrogen-bond acceptors (Lipinski definition) is 4. The van der Waals surface area contributed by atoms with Crippen molar-refractivity contribution in [3.63, 3.8) is 0 Å². The number of rotatable bonds is 3. The van der Waals surface area contributed by atoms with Gasteiger partial charge in [0.1, 0.15) is 11.9 Å². The predicted molar refractivity (Wildman–Crippen MR) is 67.8 cm³/mol. The minimum Gasteiger partial charge on any atom is -0.364 e. The van der Waals surface area contributed by atoms with Crippen LogP contribution in [0.25, 0.3) is 0 Å². The summed E-state index contributed by atoms with van der Waals surface area (Å²) >= 11 is 0. The van der Waals surface area contributed by atoms with Gasteiger partial charge in [-0.15, -0.1) is 0 Å². The van der Waals surface area contributed by atoms with Gasteiger partial charge in [0, 0.05) is 25.2 Å². The Labute approximate surface area is 106 Å². The number of aromatic nitrogens is 1. The van der Waals surface area contributed by atoms with E-state index in [1.807, 2.05) is 18.7 Å². The molecule has 1 unspecified atom stereocenters. The second kappa shape index (κ2) is 5.05. The smallest absolute Gasteiger partial charge is 0.225 e. The van der Waals surface area contributed by atoms with Gasteiger partial charge in [0.2, 0.25) is 5.91 Å². The largest absolute Gasteiger partial charge is 0.364 e. The van der Waals surface area contributed by atoms with Gasteiger partial charge >= 0.3 is 0 Å². The van der Waals surface area contributed by atoms with E-state index in [2.05, 4.69) is 16.4 Å². The number of amides is 1. The van der Waals surface area contributed by atoms with Crippen molar-refractivity contribution in [3.8, 4) is 6.07 Å². The molecule has 1 amide bonds. The lowest BCUT2D eigenvalue weighted by atomic mass is 10.2. The second-order valence-electron chi connectivity index (χ2n) is 4.70. The van der Waals surface area contributed by atoms with Crippen LogP contribution in [0.3, 0.4) is 0 Å². The Morgan fingerprint density at radius 3 is 3.00 bits per heavy atom. The molecule has 0 aliphatic carbocycles. The van der Waals surface area contributed by atoms with Crippen molar-refractivity contribution < 1.29 is 4.79 Å². The van der Waals surface area contributed by atoms with Crippen LogP contribution < -0.4 is 5.32 Å². The highest BCUT2D eigenvalue weighted by molar-refractivity contribution is 5.80. The number of carbonyl (C=O) groups excluding carboxylic acids is 1. The lowest BCUT2D eigenvalue weighted by Gasteiger charge is -2.21. The highest BCUT2D eigenvalue weighted by Gasteiger charge is 2.31. The van der Waals surface area contributed by atoms with Crippen LogP contribution in [0.4, 0.5) is 5.82 Å². The Morgan fingerprint density at radius 1 is 1.61 bits per heavy atom. The molecule has 1 saturated heterocycles. The van der Waals surface area contributed by atoms with E-state index in [4.69, 9.17) is 5.26 Å². The average molecular weight is 244 g/mol. The number of hydrogen-bond donors (Lipinski definition) is 1. The molecule has 2 rings (SSSR count). The molecule has 94 valence electrons. The maximum Gasteiger partial charge on any atom is 0.225 e. The number of likely N-dealkylation sites (tertiary alicyclic amines) is 1. The molecular weight excluding hydrogens is 228 g/mol. The summed E-state index contributed by atoms with van der Waals surface area (Å²) in [6, 6.07) is 5.77. The third-order valence-electron chi connectivity index (χ3n) is 3.05. The lowest BCUT2D eigenvalue weighted by Crippen LogP contribution is -2.33. The summed E-state index contributed by atoms with van der Waals surface area (Å²) in [5.41, 5.74) is 0.507. The second-order valence-corrected chi connectivity index (χ2v) is 4.70. The van der Waals surface area contributed by atoms with Gasteiger partial charge in [0.15, 0.2) is 0 Å². The summed E-state index contributed by atoms with van der Waals surface area (Å²) < 4.78 is 0. The predicted octanol–water partition coefficient (Wildman–Crippen LogP) is 1.37. The summed E-state index contributed by atoms with van der Waals surface area (Å²) in [5, 5.41) is 12.2.